The molecule has 0 aliphatic heterocycles. The Labute approximate surface area is 97.3 Å². The van der Waals surface area contributed by atoms with E-state index in [1.165, 1.54) is 7.11 Å². The first-order chi connectivity index (χ1) is 7.72. The van der Waals surface area contributed by atoms with Gasteiger partial charge in [0.05, 0.1) is 19.6 Å². The molecule has 3 nitrogen and oxygen atoms in total. The lowest BCUT2D eigenvalue weighted by molar-refractivity contribution is -0.142. The Morgan fingerprint density at radius 2 is 2.25 bits per heavy atom. The van der Waals surface area contributed by atoms with Gasteiger partial charge in [-0.25, -0.2) is 0 Å². The molecule has 0 saturated carbocycles. The van der Waals surface area contributed by atoms with E-state index in [1.807, 2.05) is 29.6 Å². The SMILES string of the molecule is COC(=O)C[C@@H](O)c1csc2ccccc12. The largest absolute Gasteiger partial charge is 0.469 e. The Kier molecular flexibility index (Phi) is 3.22. The average molecular weight is 236 g/mol. The molecule has 0 unspecified atom stereocenters. The van der Waals surface area contributed by atoms with Crippen LogP contribution in [0.5, 0.6) is 0 Å². The number of benzene rings is 1. The van der Waals surface area contributed by atoms with Crippen LogP contribution in [-0.2, 0) is 9.53 Å². The lowest BCUT2D eigenvalue weighted by Crippen LogP contribution is -2.07. The average Bonchev–Trinajstić information content (AvgIpc) is 2.72. The van der Waals surface area contributed by atoms with Crippen molar-refractivity contribution in [2.45, 2.75) is 12.5 Å². The first-order valence-corrected chi connectivity index (χ1v) is 5.81. The Bertz CT molecular complexity index is 504. The van der Waals surface area contributed by atoms with Gasteiger partial charge in [0.1, 0.15) is 0 Å². The summed E-state index contributed by atoms with van der Waals surface area (Å²) in [5.41, 5.74) is 0.797. The molecular weight excluding hydrogens is 224 g/mol. The van der Waals surface area contributed by atoms with Gasteiger partial charge in [-0.2, -0.15) is 0 Å². The summed E-state index contributed by atoms with van der Waals surface area (Å²) in [6.45, 7) is 0. The number of carbonyl (C=O) groups excluding carboxylic acids is 1. The molecule has 1 atom stereocenters. The highest BCUT2D eigenvalue weighted by molar-refractivity contribution is 7.17. The van der Waals surface area contributed by atoms with E-state index in [2.05, 4.69) is 4.74 Å². The predicted molar refractivity (Wildman–Crippen MR) is 63.4 cm³/mol. The number of methoxy groups -OCH3 is 1. The van der Waals surface area contributed by atoms with Crippen LogP contribution in [0.4, 0.5) is 0 Å². The number of esters is 1. The van der Waals surface area contributed by atoms with E-state index in [0.717, 1.165) is 15.6 Å². The van der Waals surface area contributed by atoms with Crippen LogP contribution in [0.3, 0.4) is 0 Å². The Morgan fingerprint density at radius 1 is 1.50 bits per heavy atom. The maximum absolute atomic E-state index is 11.1. The molecular formula is C12H12O3S. The number of aliphatic hydroxyl groups excluding tert-OH is 1. The molecule has 1 heterocycles. The lowest BCUT2D eigenvalue weighted by Gasteiger charge is -2.07. The summed E-state index contributed by atoms with van der Waals surface area (Å²) >= 11 is 1.56. The summed E-state index contributed by atoms with van der Waals surface area (Å²) in [5, 5.41) is 12.8. The molecule has 2 rings (SSSR count). The third-order valence-electron chi connectivity index (χ3n) is 2.46. The van der Waals surface area contributed by atoms with Crippen molar-refractivity contribution in [2.24, 2.45) is 0 Å². The monoisotopic (exact) mass is 236 g/mol. The molecule has 0 amide bonds. The molecule has 0 radical (unpaired) electrons. The van der Waals surface area contributed by atoms with Gasteiger partial charge in [0, 0.05) is 4.70 Å². The molecule has 16 heavy (non-hydrogen) atoms. The third kappa shape index (κ3) is 2.08. The highest BCUT2D eigenvalue weighted by Crippen LogP contribution is 2.31. The maximum Gasteiger partial charge on any atom is 0.308 e. The molecule has 84 valence electrons. The van der Waals surface area contributed by atoms with Crippen molar-refractivity contribution in [1.82, 2.24) is 0 Å². The highest BCUT2D eigenvalue weighted by Gasteiger charge is 2.16. The van der Waals surface area contributed by atoms with Crippen LogP contribution in [0.15, 0.2) is 29.6 Å². The summed E-state index contributed by atoms with van der Waals surface area (Å²) in [4.78, 5) is 11.1. The van der Waals surface area contributed by atoms with E-state index in [-0.39, 0.29) is 6.42 Å². The molecule has 0 spiro atoms. The Hall–Kier alpha value is -1.39. The summed E-state index contributed by atoms with van der Waals surface area (Å²) in [6.07, 6.45) is -0.791. The summed E-state index contributed by atoms with van der Waals surface area (Å²) in [5.74, 6) is -0.400. The molecule has 0 saturated heterocycles. The number of rotatable bonds is 3. The van der Waals surface area contributed by atoms with Crippen LogP contribution >= 0.6 is 11.3 Å². The van der Waals surface area contributed by atoms with Crippen LogP contribution in [0.2, 0.25) is 0 Å². The molecule has 0 fully saturated rings. The molecule has 4 heteroatoms. The van der Waals surface area contributed by atoms with Gasteiger partial charge in [0.15, 0.2) is 0 Å². The summed E-state index contributed by atoms with van der Waals surface area (Å²) < 4.78 is 5.65. The number of ether oxygens (including phenoxy) is 1. The van der Waals surface area contributed by atoms with E-state index < -0.39 is 12.1 Å². The summed E-state index contributed by atoms with van der Waals surface area (Å²) in [6, 6.07) is 7.81. The number of carbonyl (C=O) groups is 1. The topological polar surface area (TPSA) is 46.5 Å². The maximum atomic E-state index is 11.1. The normalized spacial score (nSPS) is 12.6. The molecule has 0 aliphatic rings. The Morgan fingerprint density at radius 3 is 3.00 bits per heavy atom. The first-order valence-electron chi connectivity index (χ1n) is 4.93. The first kappa shape index (κ1) is 11.1. The zero-order chi connectivity index (χ0) is 11.5. The van der Waals surface area contributed by atoms with Crippen molar-refractivity contribution < 1.29 is 14.6 Å². The van der Waals surface area contributed by atoms with Crippen LogP contribution in [0.1, 0.15) is 18.1 Å². The zero-order valence-corrected chi connectivity index (χ0v) is 9.66. The van der Waals surface area contributed by atoms with E-state index >= 15 is 0 Å². The summed E-state index contributed by atoms with van der Waals surface area (Å²) in [7, 11) is 1.32. The quantitative estimate of drug-likeness (QED) is 0.833. The zero-order valence-electron chi connectivity index (χ0n) is 8.84. The number of thiophene rings is 1. The van der Waals surface area contributed by atoms with Gasteiger partial charge in [0.2, 0.25) is 0 Å². The van der Waals surface area contributed by atoms with Crippen molar-refractivity contribution in [3.63, 3.8) is 0 Å². The number of hydrogen-bond donors (Lipinski definition) is 1. The second-order valence-electron chi connectivity index (χ2n) is 3.48. The van der Waals surface area contributed by atoms with Crippen molar-refractivity contribution >= 4 is 27.4 Å². The van der Waals surface area contributed by atoms with Gasteiger partial charge in [-0.05, 0) is 22.4 Å². The van der Waals surface area contributed by atoms with Crippen LogP contribution in [0.25, 0.3) is 10.1 Å². The fourth-order valence-electron chi connectivity index (χ4n) is 1.61. The molecule has 0 bridgehead atoms. The number of aliphatic hydroxyl groups is 1. The van der Waals surface area contributed by atoms with Gasteiger partial charge in [-0.3, -0.25) is 4.79 Å². The van der Waals surface area contributed by atoms with Gasteiger partial charge in [-0.15, -0.1) is 11.3 Å². The minimum atomic E-state index is -0.788. The van der Waals surface area contributed by atoms with Crippen LogP contribution < -0.4 is 0 Å². The van der Waals surface area contributed by atoms with Crippen molar-refractivity contribution in [3.05, 3.63) is 35.2 Å². The van der Waals surface area contributed by atoms with Gasteiger partial charge >= 0.3 is 5.97 Å². The van der Waals surface area contributed by atoms with Gasteiger partial charge < -0.3 is 9.84 Å². The molecule has 2 aromatic rings. The van der Waals surface area contributed by atoms with Crippen LogP contribution in [0, 0.1) is 0 Å². The predicted octanol–water partition coefficient (Wildman–Crippen LogP) is 2.50. The van der Waals surface area contributed by atoms with E-state index in [4.69, 9.17) is 0 Å². The highest BCUT2D eigenvalue weighted by atomic mass is 32.1. The van der Waals surface area contributed by atoms with Gasteiger partial charge in [0.25, 0.3) is 0 Å². The van der Waals surface area contributed by atoms with E-state index in [9.17, 15) is 9.90 Å². The fraction of sp³-hybridized carbons (Fsp3) is 0.250. The smallest absolute Gasteiger partial charge is 0.308 e. The fourth-order valence-corrected chi connectivity index (χ4v) is 2.62. The molecule has 1 aromatic heterocycles. The van der Waals surface area contributed by atoms with E-state index in [0.29, 0.717) is 0 Å². The van der Waals surface area contributed by atoms with E-state index in [1.54, 1.807) is 11.3 Å². The molecule has 0 aliphatic carbocycles. The van der Waals surface area contributed by atoms with Crippen molar-refractivity contribution in [2.75, 3.05) is 7.11 Å². The third-order valence-corrected chi connectivity index (χ3v) is 3.44. The number of hydrogen-bond acceptors (Lipinski definition) is 4. The minimum absolute atomic E-state index is 0.00275. The minimum Gasteiger partial charge on any atom is -0.469 e. The molecule has 1 aromatic carbocycles. The second kappa shape index (κ2) is 4.63. The van der Waals surface area contributed by atoms with Crippen molar-refractivity contribution in [3.8, 4) is 0 Å². The lowest BCUT2D eigenvalue weighted by atomic mass is 10.1. The van der Waals surface area contributed by atoms with Crippen molar-refractivity contribution in [1.29, 1.82) is 0 Å². The standard InChI is InChI=1S/C12H12O3S/c1-15-12(14)6-10(13)9-7-16-11-5-3-2-4-8(9)11/h2-5,7,10,13H,6H2,1H3/t10-/m1/s1. The second-order valence-corrected chi connectivity index (χ2v) is 4.39. The van der Waals surface area contributed by atoms with Crippen LogP contribution in [-0.4, -0.2) is 18.2 Å². The Balaban J connectivity index is 2.29. The molecule has 1 N–H and O–H groups in total. The van der Waals surface area contributed by atoms with Gasteiger partial charge in [-0.1, -0.05) is 18.2 Å². The number of fused-ring (bicyclic) bond motifs is 1.